The third kappa shape index (κ3) is 7.11. The van der Waals surface area contributed by atoms with Crippen LogP contribution in [0.3, 0.4) is 0 Å². The normalized spacial score (nSPS) is 22.8. The zero-order chi connectivity index (χ0) is 34.2. The largest absolute Gasteiger partial charge is 0.495 e. The van der Waals surface area contributed by atoms with Gasteiger partial charge in [-0.05, 0) is 101 Å². The molecule has 3 fully saturated rings. The Balaban J connectivity index is 1.15. The maximum Gasteiger partial charge on any atom is 0.406 e. The number of nitrogens with zero attached hydrogens (tertiary/aromatic N) is 3. The second-order valence-corrected chi connectivity index (χ2v) is 14.7. The summed E-state index contributed by atoms with van der Waals surface area (Å²) in [6.07, 6.45) is 2.14. The number of fused-ring (bicyclic) bond motifs is 1. The molecule has 1 spiro atoms. The zero-order valence-electron chi connectivity index (χ0n) is 28.4. The van der Waals surface area contributed by atoms with Crippen LogP contribution in [-0.4, -0.2) is 67.2 Å². The van der Waals surface area contributed by atoms with Crippen LogP contribution in [0.5, 0.6) is 5.75 Å². The Morgan fingerprint density at radius 2 is 1.75 bits per heavy atom. The highest BCUT2D eigenvalue weighted by atomic mass is 19.4. The molecule has 1 aliphatic carbocycles. The molecule has 6 rings (SSSR count). The molecule has 2 N–H and O–H groups in total. The van der Waals surface area contributed by atoms with Gasteiger partial charge in [0, 0.05) is 54.4 Å². The van der Waals surface area contributed by atoms with Crippen molar-refractivity contribution in [3.8, 4) is 23.7 Å². The van der Waals surface area contributed by atoms with Crippen LogP contribution in [0, 0.1) is 28.6 Å². The number of hydrogen-bond acceptors (Lipinski definition) is 6. The first-order valence-corrected chi connectivity index (χ1v) is 16.9. The van der Waals surface area contributed by atoms with Crippen molar-refractivity contribution in [1.29, 1.82) is 5.26 Å². The van der Waals surface area contributed by atoms with Crippen molar-refractivity contribution in [3.05, 3.63) is 53.7 Å². The van der Waals surface area contributed by atoms with Crippen LogP contribution in [0.15, 0.2) is 42.5 Å². The molecular formula is C38H46F3N5O2. The summed E-state index contributed by atoms with van der Waals surface area (Å²) in [5.74, 6) is 6.57. The lowest BCUT2D eigenvalue weighted by Crippen LogP contribution is -2.66. The van der Waals surface area contributed by atoms with Crippen molar-refractivity contribution >= 4 is 22.3 Å². The summed E-state index contributed by atoms with van der Waals surface area (Å²) >= 11 is 0. The first kappa shape index (κ1) is 34.0. The van der Waals surface area contributed by atoms with Crippen molar-refractivity contribution in [2.45, 2.75) is 89.0 Å². The topological polar surface area (TPSA) is 74.5 Å². The van der Waals surface area contributed by atoms with E-state index in [2.05, 4.69) is 40.4 Å². The van der Waals surface area contributed by atoms with Crippen molar-refractivity contribution in [2.75, 3.05) is 50.6 Å². The molecule has 2 aliphatic heterocycles. The van der Waals surface area contributed by atoms with E-state index < -0.39 is 18.1 Å². The van der Waals surface area contributed by atoms with E-state index in [1.807, 2.05) is 44.2 Å². The lowest BCUT2D eigenvalue weighted by molar-refractivity contribution is -0.140. The number of aromatic nitrogens is 1. The summed E-state index contributed by atoms with van der Waals surface area (Å²) in [5.41, 5.74) is 3.14. The predicted octanol–water partition coefficient (Wildman–Crippen LogP) is 7.70. The van der Waals surface area contributed by atoms with Crippen LogP contribution >= 0.6 is 0 Å². The third-order valence-electron chi connectivity index (χ3n) is 10.9. The quantitative estimate of drug-likeness (QED) is 0.241. The average molecular weight is 662 g/mol. The maximum atomic E-state index is 13.8. The Hall–Kier alpha value is -3.86. The second-order valence-electron chi connectivity index (χ2n) is 14.7. The van der Waals surface area contributed by atoms with Gasteiger partial charge in [0.25, 0.3) is 0 Å². The summed E-state index contributed by atoms with van der Waals surface area (Å²) in [7, 11) is 1.55. The predicted molar refractivity (Wildman–Crippen MR) is 183 cm³/mol. The molecule has 7 nitrogen and oxygen atoms in total. The summed E-state index contributed by atoms with van der Waals surface area (Å²) in [5, 5.41) is 17.1. The number of hydrogen-bond donors (Lipinski definition) is 2. The highest BCUT2D eigenvalue weighted by Crippen LogP contribution is 2.47. The van der Waals surface area contributed by atoms with E-state index in [-0.39, 0.29) is 18.1 Å². The van der Waals surface area contributed by atoms with E-state index in [0.717, 1.165) is 81.5 Å². The van der Waals surface area contributed by atoms with Crippen molar-refractivity contribution < 1.29 is 22.6 Å². The fourth-order valence-corrected chi connectivity index (χ4v) is 7.61. The number of rotatable bonds is 8. The van der Waals surface area contributed by atoms with E-state index in [4.69, 9.17) is 9.47 Å². The summed E-state index contributed by atoms with van der Waals surface area (Å²) in [4.78, 5) is 2.67. The molecule has 256 valence electrons. The number of methoxy groups -OCH3 is 1. The molecule has 48 heavy (non-hydrogen) atoms. The molecule has 3 aromatic rings. The molecular weight excluding hydrogens is 615 g/mol. The average Bonchev–Trinajstić information content (AvgIpc) is 3.39. The van der Waals surface area contributed by atoms with Crippen LogP contribution in [-0.2, 0) is 16.7 Å². The molecule has 1 aromatic heterocycles. The fourth-order valence-electron chi connectivity index (χ4n) is 7.61. The first-order chi connectivity index (χ1) is 22.8. The van der Waals surface area contributed by atoms with Gasteiger partial charge in [-0.15, -0.1) is 0 Å². The monoisotopic (exact) mass is 661 g/mol. The number of nitrogens with one attached hydrogen (secondary N) is 2. The molecule has 2 aromatic carbocycles. The zero-order valence-corrected chi connectivity index (χ0v) is 28.4. The lowest BCUT2D eigenvalue weighted by atomic mass is 9.68. The van der Waals surface area contributed by atoms with E-state index >= 15 is 0 Å². The van der Waals surface area contributed by atoms with Gasteiger partial charge in [-0.25, -0.2) is 0 Å². The maximum absolute atomic E-state index is 13.8. The smallest absolute Gasteiger partial charge is 0.406 e. The van der Waals surface area contributed by atoms with Gasteiger partial charge in [-0.2, -0.15) is 18.4 Å². The molecule has 0 bridgehead atoms. The molecule has 1 saturated carbocycles. The number of halogens is 3. The highest BCUT2D eigenvalue weighted by molar-refractivity contribution is 5.94. The second kappa shape index (κ2) is 13.2. The van der Waals surface area contributed by atoms with Crippen LogP contribution < -0.4 is 15.4 Å². The molecule has 0 unspecified atom stereocenters. The molecule has 10 heteroatoms. The van der Waals surface area contributed by atoms with Gasteiger partial charge in [0.15, 0.2) is 0 Å². The van der Waals surface area contributed by atoms with Gasteiger partial charge in [-0.1, -0.05) is 18.1 Å². The standard InChI is InChI=1S/C38H46F3N5O2/c1-35(2,23-42)27-10-11-32(34(21-27)47-4)43-18-6-7-29-22-30-31(8-5-9-33(30)46(29)26-38(39,40)41)44-28-12-14-36(3,15-13-28)45-24-37(25-45)16-19-48-20-17-37/h5,8-11,21-22,28,43-44H,12-20,24-26H2,1-4H3. The van der Waals surface area contributed by atoms with Gasteiger partial charge in [0.05, 0.1) is 42.0 Å². The van der Waals surface area contributed by atoms with E-state index in [0.29, 0.717) is 28.1 Å². The number of likely N-dealkylation sites (tertiary alicyclic amines) is 1. The third-order valence-corrected chi connectivity index (χ3v) is 10.9. The van der Waals surface area contributed by atoms with Gasteiger partial charge in [-0.3, -0.25) is 4.90 Å². The minimum atomic E-state index is -4.40. The Morgan fingerprint density at radius 1 is 1.02 bits per heavy atom. The van der Waals surface area contributed by atoms with Crippen LogP contribution in [0.4, 0.5) is 24.5 Å². The fraction of sp³-hybridized carbons (Fsp3) is 0.553. The number of anilines is 2. The van der Waals surface area contributed by atoms with Gasteiger partial charge >= 0.3 is 6.18 Å². The minimum Gasteiger partial charge on any atom is -0.495 e. The Labute approximate surface area is 281 Å². The van der Waals surface area contributed by atoms with Crippen molar-refractivity contribution in [3.63, 3.8) is 0 Å². The summed E-state index contributed by atoms with van der Waals surface area (Å²) in [6.45, 7) is 9.23. The molecule has 3 aliphatic rings. The minimum absolute atomic E-state index is 0.194. The number of alkyl halides is 3. The van der Waals surface area contributed by atoms with Crippen LogP contribution in [0.2, 0.25) is 0 Å². The first-order valence-electron chi connectivity index (χ1n) is 16.9. The molecule has 3 heterocycles. The van der Waals surface area contributed by atoms with Crippen LogP contribution in [0.1, 0.15) is 70.6 Å². The Morgan fingerprint density at radius 3 is 2.42 bits per heavy atom. The van der Waals surface area contributed by atoms with E-state index in [1.165, 1.54) is 4.57 Å². The Bertz CT molecular complexity index is 1720. The molecule has 0 atom stereocenters. The number of benzene rings is 2. The van der Waals surface area contributed by atoms with Gasteiger partial charge < -0.3 is 24.7 Å². The number of ether oxygens (including phenoxy) is 2. The van der Waals surface area contributed by atoms with Gasteiger partial charge in [0.1, 0.15) is 12.3 Å². The van der Waals surface area contributed by atoms with Crippen molar-refractivity contribution in [1.82, 2.24) is 9.47 Å². The van der Waals surface area contributed by atoms with Crippen LogP contribution in [0.25, 0.3) is 10.9 Å². The van der Waals surface area contributed by atoms with Gasteiger partial charge in [0.2, 0.25) is 0 Å². The number of nitriles is 1. The van der Waals surface area contributed by atoms with E-state index in [1.54, 1.807) is 19.2 Å². The lowest BCUT2D eigenvalue weighted by Gasteiger charge is -2.60. The summed E-state index contributed by atoms with van der Waals surface area (Å²) < 4.78 is 53.7. The van der Waals surface area contributed by atoms with E-state index in [9.17, 15) is 18.4 Å². The highest BCUT2D eigenvalue weighted by Gasteiger charge is 2.50. The van der Waals surface area contributed by atoms with Crippen molar-refractivity contribution in [2.24, 2.45) is 5.41 Å². The summed E-state index contributed by atoms with van der Waals surface area (Å²) in [6, 6.07) is 15.3. The Kier molecular flexibility index (Phi) is 9.37. The molecule has 0 amide bonds. The molecule has 2 saturated heterocycles. The SMILES string of the molecule is COc1cc(C(C)(C)C#N)ccc1NCC#Cc1cc2c(NC3CCC(C)(N4CC5(CCOCC5)C4)CC3)cccc2n1CC(F)(F)F. The molecule has 0 radical (unpaired) electrons.